The first-order valence-corrected chi connectivity index (χ1v) is 6.51. The van der Waals surface area contributed by atoms with Crippen molar-refractivity contribution in [1.82, 2.24) is 0 Å². The molecule has 1 atom stereocenters. The van der Waals surface area contributed by atoms with Gasteiger partial charge in [0.05, 0.1) is 0 Å². The maximum atomic E-state index is 6.28. The lowest BCUT2D eigenvalue weighted by Crippen LogP contribution is -2.28. The largest absolute Gasteiger partial charge is 0.323 e. The highest BCUT2D eigenvalue weighted by Crippen LogP contribution is 2.41. The third kappa shape index (κ3) is 2.38. The van der Waals surface area contributed by atoms with E-state index in [-0.39, 0.29) is 11.5 Å². The van der Waals surface area contributed by atoms with E-state index in [0.717, 1.165) is 10.9 Å². The van der Waals surface area contributed by atoms with Crippen LogP contribution in [0.1, 0.15) is 43.0 Å². The number of hydrogen-bond acceptors (Lipinski definition) is 2. The van der Waals surface area contributed by atoms with Gasteiger partial charge in [0.2, 0.25) is 0 Å². The molecule has 1 aromatic heterocycles. The van der Waals surface area contributed by atoms with Crippen LogP contribution in [0, 0.1) is 12.3 Å². The molecule has 0 saturated carbocycles. The van der Waals surface area contributed by atoms with Crippen LogP contribution in [0.2, 0.25) is 0 Å². The first-order chi connectivity index (χ1) is 6.38. The van der Waals surface area contributed by atoms with Crippen LogP contribution in [0.25, 0.3) is 0 Å². The van der Waals surface area contributed by atoms with Crippen LogP contribution in [0.3, 0.4) is 0 Å². The summed E-state index contributed by atoms with van der Waals surface area (Å²) in [6.45, 7) is 8.75. The van der Waals surface area contributed by atoms with E-state index in [1.54, 1.807) is 11.3 Å². The van der Waals surface area contributed by atoms with Crippen molar-refractivity contribution in [2.75, 3.05) is 0 Å². The van der Waals surface area contributed by atoms with Crippen molar-refractivity contribution >= 4 is 27.3 Å². The van der Waals surface area contributed by atoms with Gasteiger partial charge in [-0.2, -0.15) is 0 Å². The molecule has 1 unspecified atom stereocenters. The van der Waals surface area contributed by atoms with E-state index in [0.29, 0.717) is 0 Å². The molecule has 0 bridgehead atoms. The summed E-state index contributed by atoms with van der Waals surface area (Å²) in [5.41, 5.74) is 6.44. The minimum absolute atomic E-state index is 0.126. The minimum Gasteiger partial charge on any atom is -0.323 e. The Morgan fingerprint density at radius 3 is 2.50 bits per heavy atom. The predicted octanol–water partition coefficient (Wildman–Crippen LogP) is 4.26. The Bertz CT molecular complexity index is 317. The lowest BCUT2D eigenvalue weighted by molar-refractivity contribution is 0.281. The van der Waals surface area contributed by atoms with Crippen LogP contribution in [-0.4, -0.2) is 0 Å². The van der Waals surface area contributed by atoms with Crippen LogP contribution in [0.15, 0.2) is 10.5 Å². The molecule has 0 aromatic carbocycles. The summed E-state index contributed by atoms with van der Waals surface area (Å²) in [4.78, 5) is 2.59. The van der Waals surface area contributed by atoms with Crippen molar-refractivity contribution in [2.45, 2.75) is 40.2 Å². The Hall–Kier alpha value is 0.140. The van der Waals surface area contributed by atoms with E-state index in [4.69, 9.17) is 5.73 Å². The summed E-state index contributed by atoms with van der Waals surface area (Å²) in [6.07, 6.45) is 1.09. The molecule has 0 radical (unpaired) electrons. The summed E-state index contributed by atoms with van der Waals surface area (Å²) in [6, 6.07) is 2.27. The predicted molar refractivity (Wildman–Crippen MR) is 67.8 cm³/mol. The lowest BCUT2D eigenvalue weighted by Gasteiger charge is -2.29. The summed E-state index contributed by atoms with van der Waals surface area (Å²) in [5.74, 6) is 0. The average Bonchev–Trinajstić information content (AvgIpc) is 2.44. The van der Waals surface area contributed by atoms with Crippen molar-refractivity contribution in [3.8, 4) is 0 Å². The topological polar surface area (TPSA) is 26.0 Å². The van der Waals surface area contributed by atoms with Crippen molar-refractivity contribution < 1.29 is 0 Å². The molecule has 2 N–H and O–H groups in total. The Kier molecular flexibility index (Phi) is 3.78. The van der Waals surface area contributed by atoms with Gasteiger partial charge >= 0.3 is 0 Å². The van der Waals surface area contributed by atoms with E-state index >= 15 is 0 Å². The SMILES string of the molecule is CCC(C)(C)C(N)c1sc(C)cc1Br. The van der Waals surface area contributed by atoms with Crippen molar-refractivity contribution in [1.29, 1.82) is 0 Å². The second kappa shape index (κ2) is 4.33. The zero-order chi connectivity index (χ0) is 10.9. The van der Waals surface area contributed by atoms with E-state index in [1.807, 2.05) is 0 Å². The van der Waals surface area contributed by atoms with Gasteiger partial charge in [-0.05, 0) is 40.8 Å². The number of nitrogens with two attached hydrogens (primary N) is 1. The van der Waals surface area contributed by atoms with Crippen molar-refractivity contribution in [3.05, 3.63) is 20.3 Å². The number of halogens is 1. The third-order valence-corrected chi connectivity index (χ3v) is 4.92. The van der Waals surface area contributed by atoms with Gasteiger partial charge < -0.3 is 5.73 Å². The molecule has 1 heterocycles. The Labute approximate surface area is 98.8 Å². The number of rotatable bonds is 3. The maximum absolute atomic E-state index is 6.28. The molecule has 0 fully saturated rings. The zero-order valence-electron chi connectivity index (χ0n) is 9.23. The fourth-order valence-corrected chi connectivity index (χ4v) is 3.40. The molecule has 80 valence electrons. The molecule has 14 heavy (non-hydrogen) atoms. The normalized spacial score (nSPS) is 14.4. The summed E-state index contributed by atoms with van der Waals surface area (Å²) >= 11 is 5.36. The second-order valence-corrected chi connectivity index (χ2v) is 6.53. The van der Waals surface area contributed by atoms with Gasteiger partial charge in [0.25, 0.3) is 0 Å². The first-order valence-electron chi connectivity index (χ1n) is 4.90. The highest BCUT2D eigenvalue weighted by molar-refractivity contribution is 9.10. The molecule has 0 aliphatic rings. The van der Waals surface area contributed by atoms with Crippen molar-refractivity contribution in [2.24, 2.45) is 11.1 Å². The number of hydrogen-bond donors (Lipinski definition) is 1. The Morgan fingerprint density at radius 2 is 2.14 bits per heavy atom. The van der Waals surface area contributed by atoms with Gasteiger partial charge in [-0.1, -0.05) is 20.8 Å². The fraction of sp³-hybridized carbons (Fsp3) is 0.636. The lowest BCUT2D eigenvalue weighted by atomic mass is 9.82. The minimum atomic E-state index is 0.126. The van der Waals surface area contributed by atoms with Gasteiger partial charge in [0.15, 0.2) is 0 Å². The molecule has 0 aliphatic heterocycles. The Balaban J connectivity index is 3.00. The molecule has 1 nitrogen and oxygen atoms in total. The quantitative estimate of drug-likeness (QED) is 0.877. The second-order valence-electron chi connectivity index (χ2n) is 4.39. The molecular formula is C11H18BrNS. The average molecular weight is 276 g/mol. The third-order valence-electron chi connectivity index (χ3n) is 2.87. The zero-order valence-corrected chi connectivity index (χ0v) is 11.6. The van der Waals surface area contributed by atoms with E-state index < -0.39 is 0 Å². The molecule has 0 saturated heterocycles. The van der Waals surface area contributed by atoms with Crippen LogP contribution in [0.5, 0.6) is 0 Å². The van der Waals surface area contributed by atoms with Gasteiger partial charge in [0, 0.05) is 20.3 Å². The van der Waals surface area contributed by atoms with E-state index in [9.17, 15) is 0 Å². The van der Waals surface area contributed by atoms with Crippen LogP contribution >= 0.6 is 27.3 Å². The van der Waals surface area contributed by atoms with Gasteiger partial charge in [0.1, 0.15) is 0 Å². The summed E-state index contributed by atoms with van der Waals surface area (Å²) in [7, 11) is 0. The van der Waals surface area contributed by atoms with Crippen LogP contribution in [0.4, 0.5) is 0 Å². The van der Waals surface area contributed by atoms with Crippen LogP contribution in [-0.2, 0) is 0 Å². The molecule has 3 heteroatoms. The molecule has 0 aliphatic carbocycles. The molecule has 1 rings (SSSR count). The van der Waals surface area contributed by atoms with E-state index in [2.05, 4.69) is 49.7 Å². The molecular weight excluding hydrogens is 258 g/mol. The molecule has 0 amide bonds. The van der Waals surface area contributed by atoms with Gasteiger partial charge in [-0.25, -0.2) is 0 Å². The molecule has 0 spiro atoms. The summed E-state index contributed by atoms with van der Waals surface area (Å²) < 4.78 is 1.16. The van der Waals surface area contributed by atoms with Gasteiger partial charge in [-0.15, -0.1) is 11.3 Å². The highest BCUT2D eigenvalue weighted by Gasteiger charge is 2.28. The molecule has 1 aromatic rings. The number of thiophene rings is 1. The summed E-state index contributed by atoms with van der Waals surface area (Å²) in [5, 5.41) is 0. The fourth-order valence-electron chi connectivity index (χ4n) is 1.29. The smallest absolute Gasteiger partial charge is 0.0453 e. The monoisotopic (exact) mass is 275 g/mol. The highest BCUT2D eigenvalue weighted by atomic mass is 79.9. The Morgan fingerprint density at radius 1 is 1.57 bits per heavy atom. The van der Waals surface area contributed by atoms with E-state index in [1.165, 1.54) is 9.75 Å². The maximum Gasteiger partial charge on any atom is 0.0453 e. The standard InChI is InChI=1S/C11H18BrNS/c1-5-11(3,4)10(13)9-8(12)6-7(2)14-9/h6,10H,5,13H2,1-4H3. The van der Waals surface area contributed by atoms with Crippen molar-refractivity contribution in [3.63, 3.8) is 0 Å². The van der Waals surface area contributed by atoms with Gasteiger partial charge in [-0.3, -0.25) is 0 Å². The van der Waals surface area contributed by atoms with Crippen LogP contribution < -0.4 is 5.73 Å². The number of aryl methyl sites for hydroxylation is 1. The first kappa shape index (κ1) is 12.2.